The van der Waals surface area contributed by atoms with Crippen molar-refractivity contribution in [3.63, 3.8) is 0 Å². The fourth-order valence-corrected chi connectivity index (χ4v) is 5.92. The Labute approximate surface area is 209 Å². The largest absolute Gasteiger partial charge is 0.490 e. The SMILES string of the molecule is C=CCOc1ccc(OC(=O)c2ccc(C3CCC4CC(CC/C=C/C)CCC4C3)cc2F)cc1. The van der Waals surface area contributed by atoms with E-state index in [0.717, 1.165) is 36.2 Å². The zero-order valence-corrected chi connectivity index (χ0v) is 20.8. The molecule has 186 valence electrons. The van der Waals surface area contributed by atoms with Gasteiger partial charge in [0.1, 0.15) is 23.9 Å². The van der Waals surface area contributed by atoms with E-state index in [0.29, 0.717) is 24.0 Å². The molecule has 4 rings (SSSR count). The van der Waals surface area contributed by atoms with Crippen molar-refractivity contribution < 1.29 is 18.7 Å². The molecule has 35 heavy (non-hydrogen) atoms. The normalized spacial score (nSPS) is 24.1. The van der Waals surface area contributed by atoms with Crippen LogP contribution in [0.4, 0.5) is 4.39 Å². The Morgan fingerprint density at radius 2 is 1.77 bits per heavy atom. The maximum absolute atomic E-state index is 15.0. The molecule has 2 saturated carbocycles. The molecule has 0 radical (unpaired) electrons. The van der Waals surface area contributed by atoms with Crippen LogP contribution >= 0.6 is 0 Å². The van der Waals surface area contributed by atoms with Crippen LogP contribution in [0.25, 0.3) is 0 Å². The molecule has 2 aromatic carbocycles. The average molecular weight is 477 g/mol. The van der Waals surface area contributed by atoms with Gasteiger partial charge >= 0.3 is 5.97 Å². The maximum Gasteiger partial charge on any atom is 0.346 e. The van der Waals surface area contributed by atoms with Crippen LogP contribution in [0.5, 0.6) is 11.5 Å². The third kappa shape index (κ3) is 6.62. The molecule has 0 amide bonds. The van der Waals surface area contributed by atoms with Crippen LogP contribution in [0.3, 0.4) is 0 Å². The molecule has 2 aromatic rings. The summed E-state index contributed by atoms with van der Waals surface area (Å²) in [5.74, 6) is 2.62. The first-order chi connectivity index (χ1) is 17.1. The van der Waals surface area contributed by atoms with Gasteiger partial charge in [0.15, 0.2) is 0 Å². The van der Waals surface area contributed by atoms with Crippen molar-refractivity contribution in [1.82, 2.24) is 0 Å². The second kappa shape index (κ2) is 12.2. The summed E-state index contributed by atoms with van der Waals surface area (Å²) in [4.78, 5) is 12.6. The van der Waals surface area contributed by atoms with E-state index in [2.05, 4.69) is 25.7 Å². The van der Waals surface area contributed by atoms with Crippen molar-refractivity contribution in [3.05, 3.63) is 84.2 Å². The lowest BCUT2D eigenvalue weighted by Crippen LogP contribution is -2.30. The van der Waals surface area contributed by atoms with E-state index in [1.54, 1.807) is 42.5 Å². The summed E-state index contributed by atoms with van der Waals surface area (Å²) in [6.45, 7) is 6.10. The minimum Gasteiger partial charge on any atom is -0.490 e. The van der Waals surface area contributed by atoms with Crippen molar-refractivity contribution in [3.8, 4) is 11.5 Å². The van der Waals surface area contributed by atoms with Crippen LogP contribution in [-0.2, 0) is 0 Å². The van der Waals surface area contributed by atoms with Gasteiger partial charge in [-0.05, 0) is 118 Å². The highest BCUT2D eigenvalue weighted by Gasteiger charge is 2.36. The van der Waals surface area contributed by atoms with E-state index in [9.17, 15) is 9.18 Å². The lowest BCUT2D eigenvalue weighted by atomic mass is 9.63. The molecule has 2 aliphatic carbocycles. The number of allylic oxidation sites excluding steroid dienone is 2. The number of carbonyl (C=O) groups is 1. The van der Waals surface area contributed by atoms with Crippen molar-refractivity contribution in [1.29, 1.82) is 0 Å². The highest BCUT2D eigenvalue weighted by atomic mass is 19.1. The molecule has 0 bridgehead atoms. The molecule has 0 heterocycles. The molecule has 0 saturated heterocycles. The first-order valence-corrected chi connectivity index (χ1v) is 13.0. The quantitative estimate of drug-likeness (QED) is 0.208. The molecule has 0 aromatic heterocycles. The summed E-state index contributed by atoms with van der Waals surface area (Å²) >= 11 is 0. The lowest BCUT2D eigenvalue weighted by molar-refractivity contribution is 0.0729. The minimum atomic E-state index is -0.686. The second-order valence-corrected chi connectivity index (χ2v) is 10.1. The number of hydrogen-bond donors (Lipinski definition) is 0. The second-order valence-electron chi connectivity index (χ2n) is 10.1. The number of halogens is 1. The summed E-state index contributed by atoms with van der Waals surface area (Å²) in [5, 5.41) is 0. The van der Waals surface area contributed by atoms with Crippen molar-refractivity contribution in [2.24, 2.45) is 17.8 Å². The summed E-state index contributed by atoms with van der Waals surface area (Å²) in [6, 6.07) is 11.7. The molecule has 0 N–H and O–H groups in total. The molecule has 2 fully saturated rings. The zero-order chi connectivity index (χ0) is 24.6. The van der Waals surface area contributed by atoms with E-state index < -0.39 is 11.8 Å². The molecular weight excluding hydrogens is 439 g/mol. The maximum atomic E-state index is 15.0. The molecule has 0 aliphatic heterocycles. The van der Waals surface area contributed by atoms with Gasteiger partial charge in [-0.3, -0.25) is 0 Å². The number of hydrogen-bond acceptors (Lipinski definition) is 3. The molecule has 0 spiro atoms. The fraction of sp³-hybridized carbons (Fsp3) is 0.452. The molecule has 4 atom stereocenters. The number of fused-ring (bicyclic) bond motifs is 1. The monoisotopic (exact) mass is 476 g/mol. The number of rotatable bonds is 9. The average Bonchev–Trinajstić information content (AvgIpc) is 2.88. The van der Waals surface area contributed by atoms with Crippen LogP contribution in [-0.4, -0.2) is 12.6 Å². The Balaban J connectivity index is 1.33. The number of benzene rings is 2. The van der Waals surface area contributed by atoms with E-state index in [1.165, 1.54) is 38.5 Å². The van der Waals surface area contributed by atoms with E-state index in [-0.39, 0.29) is 5.56 Å². The summed E-state index contributed by atoms with van der Waals surface area (Å²) in [7, 11) is 0. The van der Waals surface area contributed by atoms with Gasteiger partial charge in [0.05, 0.1) is 5.56 Å². The standard InChI is InChI=1S/C31H37FO3/c1-3-5-6-7-22-8-9-24-20-25(11-10-23(24)19-22)26-12-17-29(30(32)21-26)31(33)35-28-15-13-27(14-16-28)34-18-4-2/h3-5,12-17,21-25H,2,6-11,18-20H2,1H3/b5-3+. The Bertz CT molecular complexity index is 1030. The predicted molar refractivity (Wildman–Crippen MR) is 138 cm³/mol. The van der Waals surface area contributed by atoms with Gasteiger partial charge in [-0.1, -0.05) is 37.3 Å². The van der Waals surface area contributed by atoms with Gasteiger partial charge in [-0.15, -0.1) is 0 Å². The fourth-order valence-electron chi connectivity index (χ4n) is 5.92. The molecule has 3 nitrogen and oxygen atoms in total. The minimum absolute atomic E-state index is 0.0314. The summed E-state index contributed by atoms with van der Waals surface area (Å²) < 4.78 is 25.8. The predicted octanol–water partition coefficient (Wildman–Crippen LogP) is 8.27. The van der Waals surface area contributed by atoms with E-state index >= 15 is 0 Å². The number of esters is 1. The highest BCUT2D eigenvalue weighted by molar-refractivity contribution is 5.91. The Morgan fingerprint density at radius 1 is 1.03 bits per heavy atom. The smallest absolute Gasteiger partial charge is 0.346 e. The molecule has 4 heteroatoms. The van der Waals surface area contributed by atoms with Crippen molar-refractivity contribution in [2.75, 3.05) is 6.61 Å². The third-order valence-corrected chi connectivity index (χ3v) is 7.79. The van der Waals surface area contributed by atoms with Crippen molar-refractivity contribution in [2.45, 2.75) is 64.2 Å². The van der Waals surface area contributed by atoms with Crippen LogP contribution in [0, 0.1) is 23.6 Å². The van der Waals surface area contributed by atoms with Crippen LogP contribution < -0.4 is 9.47 Å². The van der Waals surface area contributed by atoms with Crippen LogP contribution in [0.1, 0.15) is 80.1 Å². The third-order valence-electron chi connectivity index (χ3n) is 7.79. The summed E-state index contributed by atoms with van der Waals surface area (Å²) in [5.41, 5.74) is 0.979. The Morgan fingerprint density at radius 3 is 2.51 bits per heavy atom. The van der Waals surface area contributed by atoms with E-state index in [4.69, 9.17) is 9.47 Å². The van der Waals surface area contributed by atoms with Crippen LogP contribution in [0.2, 0.25) is 0 Å². The van der Waals surface area contributed by atoms with Crippen molar-refractivity contribution >= 4 is 5.97 Å². The van der Waals surface area contributed by atoms with Gasteiger partial charge in [-0.2, -0.15) is 0 Å². The van der Waals surface area contributed by atoms with Gasteiger partial charge in [0, 0.05) is 0 Å². The van der Waals surface area contributed by atoms with Crippen LogP contribution in [0.15, 0.2) is 67.3 Å². The summed E-state index contributed by atoms with van der Waals surface area (Å²) in [6.07, 6.45) is 16.1. The van der Waals surface area contributed by atoms with Gasteiger partial charge in [-0.25, -0.2) is 9.18 Å². The molecule has 2 aliphatic rings. The Kier molecular flexibility index (Phi) is 8.79. The topological polar surface area (TPSA) is 35.5 Å². The highest BCUT2D eigenvalue weighted by Crippen LogP contribution is 2.48. The number of carbonyl (C=O) groups excluding carboxylic acids is 1. The first-order valence-electron chi connectivity index (χ1n) is 13.0. The molecule has 4 unspecified atom stereocenters. The van der Waals surface area contributed by atoms with Gasteiger partial charge in [0.25, 0.3) is 0 Å². The Hall–Kier alpha value is -2.88. The zero-order valence-electron chi connectivity index (χ0n) is 20.8. The van der Waals surface area contributed by atoms with Gasteiger partial charge < -0.3 is 9.47 Å². The lowest BCUT2D eigenvalue weighted by Gasteiger charge is -2.42. The van der Waals surface area contributed by atoms with Gasteiger partial charge in [0.2, 0.25) is 0 Å². The molecular formula is C31H37FO3. The number of ether oxygens (including phenoxy) is 2. The first kappa shape index (κ1) is 25.2. The van der Waals surface area contributed by atoms with E-state index in [1.807, 2.05) is 6.07 Å².